The predicted octanol–water partition coefficient (Wildman–Crippen LogP) is 1.51. The summed E-state index contributed by atoms with van der Waals surface area (Å²) in [7, 11) is 1.50. The average molecular weight is 278 g/mol. The van der Waals surface area contributed by atoms with Gasteiger partial charge in [-0.15, -0.1) is 0 Å². The molecule has 0 amide bonds. The van der Waals surface area contributed by atoms with E-state index in [4.69, 9.17) is 9.47 Å². The van der Waals surface area contributed by atoms with Crippen LogP contribution in [0.25, 0.3) is 0 Å². The first-order valence-electron chi connectivity index (χ1n) is 8.02. The van der Waals surface area contributed by atoms with E-state index in [2.05, 4.69) is 0 Å². The molecule has 5 aliphatic carbocycles. The number of aliphatic hydroxyl groups is 1. The van der Waals surface area contributed by atoms with Gasteiger partial charge in [0.25, 0.3) is 0 Å². The highest BCUT2D eigenvalue weighted by Crippen LogP contribution is 2.83. The number of carbonyl (C=O) groups is 1. The summed E-state index contributed by atoms with van der Waals surface area (Å²) in [6.45, 7) is 0.0439. The van der Waals surface area contributed by atoms with Crippen molar-refractivity contribution in [2.45, 2.75) is 49.7 Å². The molecule has 1 spiro atoms. The van der Waals surface area contributed by atoms with Crippen molar-refractivity contribution in [3.05, 3.63) is 0 Å². The summed E-state index contributed by atoms with van der Waals surface area (Å²) in [6, 6.07) is 0. The lowest BCUT2D eigenvalue weighted by Crippen LogP contribution is -2.53. The molecule has 2 unspecified atom stereocenters. The number of ether oxygens (including phenoxy) is 2. The Morgan fingerprint density at radius 1 is 1.35 bits per heavy atom. The first kappa shape index (κ1) is 12.0. The summed E-state index contributed by atoms with van der Waals surface area (Å²) in [5, 5.41) is 9.90. The van der Waals surface area contributed by atoms with Gasteiger partial charge in [-0.1, -0.05) is 0 Å². The standard InChI is InChI=1S/C16H22O4/c1-19-13(18)15-4-2-3-14(7-15,8-17)20-16(15)9-5-10-11(6-9)12(10)16/h9-12,17H,2-8H2,1H3/t9?,10?,11?,12?,14-,15+,16+/m0/s1. The maximum atomic E-state index is 12.7. The molecule has 0 aromatic rings. The second-order valence-corrected chi connectivity index (χ2v) is 7.86. The summed E-state index contributed by atoms with van der Waals surface area (Å²) >= 11 is 0. The highest BCUT2D eigenvalue weighted by Gasteiger charge is 2.87. The third-order valence-corrected chi connectivity index (χ3v) is 7.40. The van der Waals surface area contributed by atoms with Gasteiger partial charge in [-0.25, -0.2) is 0 Å². The lowest BCUT2D eigenvalue weighted by atomic mass is 9.60. The summed E-state index contributed by atoms with van der Waals surface area (Å²) in [5.74, 6) is 2.59. The van der Waals surface area contributed by atoms with Crippen LogP contribution in [0.2, 0.25) is 0 Å². The van der Waals surface area contributed by atoms with Crippen LogP contribution < -0.4 is 0 Å². The topological polar surface area (TPSA) is 55.8 Å². The molecule has 1 aliphatic heterocycles. The second-order valence-electron chi connectivity index (χ2n) is 7.86. The Morgan fingerprint density at radius 2 is 2.10 bits per heavy atom. The monoisotopic (exact) mass is 278 g/mol. The van der Waals surface area contributed by atoms with E-state index < -0.39 is 11.0 Å². The number of esters is 1. The zero-order chi connectivity index (χ0) is 13.8. The van der Waals surface area contributed by atoms with Gasteiger partial charge in [-0.3, -0.25) is 4.79 Å². The first-order chi connectivity index (χ1) is 9.62. The third kappa shape index (κ3) is 0.970. The minimum Gasteiger partial charge on any atom is -0.469 e. The van der Waals surface area contributed by atoms with Crippen molar-refractivity contribution in [2.24, 2.45) is 29.1 Å². The molecule has 20 heavy (non-hydrogen) atoms. The molecule has 1 heterocycles. The number of carbonyl (C=O) groups excluding carboxylic acids is 1. The molecule has 0 aromatic heterocycles. The molecule has 110 valence electrons. The quantitative estimate of drug-likeness (QED) is 0.778. The van der Waals surface area contributed by atoms with Crippen LogP contribution in [0.15, 0.2) is 0 Å². The third-order valence-electron chi connectivity index (χ3n) is 7.40. The highest BCUT2D eigenvalue weighted by atomic mass is 16.6. The van der Waals surface area contributed by atoms with Crippen molar-refractivity contribution < 1.29 is 19.4 Å². The fourth-order valence-electron chi connectivity index (χ4n) is 6.97. The maximum absolute atomic E-state index is 12.7. The van der Waals surface area contributed by atoms with Gasteiger partial charge in [-0.05, 0) is 62.2 Å². The molecule has 5 saturated carbocycles. The van der Waals surface area contributed by atoms with Gasteiger partial charge < -0.3 is 14.6 Å². The van der Waals surface area contributed by atoms with Crippen LogP contribution in [-0.2, 0) is 14.3 Å². The molecule has 1 saturated heterocycles. The zero-order valence-electron chi connectivity index (χ0n) is 11.9. The lowest BCUT2D eigenvalue weighted by Gasteiger charge is -2.42. The molecule has 4 heteroatoms. The van der Waals surface area contributed by atoms with Crippen LogP contribution >= 0.6 is 0 Å². The van der Waals surface area contributed by atoms with E-state index >= 15 is 0 Å². The van der Waals surface area contributed by atoms with Gasteiger partial charge in [0.2, 0.25) is 0 Å². The Labute approximate surface area is 118 Å². The van der Waals surface area contributed by atoms with E-state index in [-0.39, 0.29) is 18.2 Å². The van der Waals surface area contributed by atoms with Gasteiger partial charge >= 0.3 is 5.97 Å². The fourth-order valence-corrected chi connectivity index (χ4v) is 6.97. The van der Waals surface area contributed by atoms with Crippen molar-refractivity contribution in [1.29, 1.82) is 0 Å². The van der Waals surface area contributed by atoms with Crippen LogP contribution in [0.5, 0.6) is 0 Å². The van der Waals surface area contributed by atoms with Crippen molar-refractivity contribution >= 4 is 5.97 Å². The van der Waals surface area contributed by atoms with Crippen molar-refractivity contribution in [2.75, 3.05) is 13.7 Å². The normalized spacial score (nSPS) is 61.1. The summed E-state index contributed by atoms with van der Waals surface area (Å²) in [6.07, 6.45) is 5.87. The number of methoxy groups -OCH3 is 1. The number of hydrogen-bond donors (Lipinski definition) is 1. The minimum atomic E-state index is -0.475. The molecule has 0 aromatic carbocycles. The molecule has 6 aliphatic rings. The maximum Gasteiger partial charge on any atom is 0.314 e. The molecule has 6 rings (SSSR count). The fraction of sp³-hybridized carbons (Fsp3) is 0.938. The van der Waals surface area contributed by atoms with Crippen LogP contribution in [0.3, 0.4) is 0 Å². The molecule has 0 radical (unpaired) electrons. The van der Waals surface area contributed by atoms with Gasteiger partial charge in [-0.2, -0.15) is 0 Å². The molecular formula is C16H22O4. The van der Waals surface area contributed by atoms with Gasteiger partial charge in [0, 0.05) is 0 Å². The van der Waals surface area contributed by atoms with Gasteiger partial charge in [0.15, 0.2) is 0 Å². The van der Waals surface area contributed by atoms with Crippen LogP contribution in [-0.4, -0.2) is 36.0 Å². The van der Waals surface area contributed by atoms with E-state index in [1.807, 2.05) is 0 Å². The Morgan fingerprint density at radius 3 is 2.65 bits per heavy atom. The second kappa shape index (κ2) is 3.25. The summed E-state index contributed by atoms with van der Waals surface area (Å²) in [4.78, 5) is 12.7. The first-order valence-corrected chi connectivity index (χ1v) is 8.02. The zero-order valence-corrected chi connectivity index (χ0v) is 11.9. The molecule has 6 fully saturated rings. The number of hydrogen-bond acceptors (Lipinski definition) is 4. The van der Waals surface area contributed by atoms with Crippen LogP contribution in [0.4, 0.5) is 0 Å². The Balaban J connectivity index is 1.69. The Kier molecular flexibility index (Phi) is 1.95. The molecule has 5 atom stereocenters. The Hall–Kier alpha value is -0.610. The highest BCUT2D eigenvalue weighted by molar-refractivity contribution is 5.80. The van der Waals surface area contributed by atoms with E-state index in [9.17, 15) is 9.90 Å². The summed E-state index contributed by atoms with van der Waals surface area (Å²) < 4.78 is 11.9. The predicted molar refractivity (Wildman–Crippen MR) is 69.7 cm³/mol. The van der Waals surface area contributed by atoms with Gasteiger partial charge in [0.05, 0.1) is 24.9 Å². The van der Waals surface area contributed by atoms with Crippen molar-refractivity contribution in [1.82, 2.24) is 0 Å². The Bertz CT molecular complexity index is 489. The van der Waals surface area contributed by atoms with Gasteiger partial charge in [0.1, 0.15) is 5.41 Å². The van der Waals surface area contributed by atoms with Crippen LogP contribution in [0.1, 0.15) is 38.5 Å². The average Bonchev–Trinajstić information content (AvgIpc) is 2.83. The molecule has 1 N–H and O–H groups in total. The van der Waals surface area contributed by atoms with Crippen LogP contribution in [0, 0.1) is 29.1 Å². The lowest BCUT2D eigenvalue weighted by molar-refractivity contribution is -0.180. The molecule has 6 bridgehead atoms. The SMILES string of the molecule is COC(=O)[C@@]12CCC[C@@](CO)(C1)O[C@@]21C2CC3C(C2)C31. The van der Waals surface area contributed by atoms with E-state index in [0.29, 0.717) is 18.3 Å². The summed E-state index contributed by atoms with van der Waals surface area (Å²) in [5.41, 5.74) is -1.25. The molecular weight excluding hydrogens is 256 g/mol. The number of fused-ring (bicyclic) bond motifs is 2. The van der Waals surface area contributed by atoms with E-state index in [1.54, 1.807) is 0 Å². The van der Waals surface area contributed by atoms with Crippen molar-refractivity contribution in [3.63, 3.8) is 0 Å². The number of rotatable bonds is 2. The smallest absolute Gasteiger partial charge is 0.314 e. The minimum absolute atomic E-state index is 0.0439. The number of aliphatic hydroxyl groups excluding tert-OH is 1. The van der Waals surface area contributed by atoms with E-state index in [0.717, 1.165) is 31.1 Å². The molecule has 4 nitrogen and oxygen atoms in total. The largest absolute Gasteiger partial charge is 0.469 e. The van der Waals surface area contributed by atoms with E-state index in [1.165, 1.54) is 20.0 Å². The van der Waals surface area contributed by atoms with Crippen molar-refractivity contribution in [3.8, 4) is 0 Å².